The van der Waals surface area contributed by atoms with Gasteiger partial charge in [-0.05, 0) is 30.7 Å². The first-order chi connectivity index (χ1) is 14.9. The molecule has 1 unspecified atom stereocenters. The molecule has 4 rings (SSSR count). The number of imide groups is 1. The number of hydrogen-bond donors (Lipinski definition) is 2. The molecule has 2 N–H and O–H groups in total. The van der Waals surface area contributed by atoms with Gasteiger partial charge in [-0.15, -0.1) is 0 Å². The van der Waals surface area contributed by atoms with E-state index >= 15 is 0 Å². The summed E-state index contributed by atoms with van der Waals surface area (Å²) < 4.78 is 4.84. The van der Waals surface area contributed by atoms with Gasteiger partial charge in [0.05, 0.1) is 30.9 Å². The number of anilines is 3. The fraction of sp³-hybridized carbons (Fsp3) is 0.273. The quantitative estimate of drug-likeness (QED) is 0.764. The molecule has 2 aliphatic rings. The molecule has 2 aromatic rings. The summed E-state index contributed by atoms with van der Waals surface area (Å²) in [5.41, 5.74) is 2.71. The van der Waals surface area contributed by atoms with Crippen molar-refractivity contribution in [3.8, 4) is 0 Å². The highest BCUT2D eigenvalue weighted by molar-refractivity contribution is 6.08. The van der Waals surface area contributed by atoms with E-state index in [1.54, 1.807) is 35.2 Å². The highest BCUT2D eigenvalue weighted by Crippen LogP contribution is 2.33. The first-order valence-corrected chi connectivity index (χ1v) is 9.93. The van der Waals surface area contributed by atoms with Crippen LogP contribution in [0.2, 0.25) is 0 Å². The van der Waals surface area contributed by atoms with Gasteiger partial charge in [0.25, 0.3) is 5.91 Å². The van der Waals surface area contributed by atoms with E-state index in [2.05, 4.69) is 10.6 Å². The van der Waals surface area contributed by atoms with E-state index in [1.807, 2.05) is 25.1 Å². The predicted molar refractivity (Wildman–Crippen MR) is 114 cm³/mol. The molecule has 0 aliphatic carbocycles. The van der Waals surface area contributed by atoms with Gasteiger partial charge in [-0.2, -0.15) is 0 Å². The number of hydrogen-bond acceptors (Lipinski definition) is 6. The third-order valence-electron chi connectivity index (χ3n) is 5.32. The minimum absolute atomic E-state index is 0.143. The van der Waals surface area contributed by atoms with Gasteiger partial charge >= 0.3 is 6.09 Å². The first-order valence-electron chi connectivity index (χ1n) is 9.93. The summed E-state index contributed by atoms with van der Waals surface area (Å²) in [6.07, 6.45) is -0.861. The van der Waals surface area contributed by atoms with Gasteiger partial charge in [-0.25, -0.2) is 9.69 Å². The minimum Gasteiger partial charge on any atom is -0.447 e. The van der Waals surface area contributed by atoms with Crippen molar-refractivity contribution in [1.82, 2.24) is 4.90 Å². The highest BCUT2D eigenvalue weighted by atomic mass is 16.6. The van der Waals surface area contributed by atoms with Crippen LogP contribution in [0.1, 0.15) is 12.0 Å². The number of benzene rings is 2. The van der Waals surface area contributed by atoms with Crippen LogP contribution < -0.4 is 15.5 Å². The Morgan fingerprint density at radius 1 is 1.13 bits per heavy atom. The number of carbonyl (C=O) groups excluding carboxylic acids is 4. The maximum Gasteiger partial charge on any atom is 0.416 e. The summed E-state index contributed by atoms with van der Waals surface area (Å²) in [6, 6.07) is 13.4. The Kier molecular flexibility index (Phi) is 5.57. The third kappa shape index (κ3) is 4.20. The minimum atomic E-state index is -0.915. The van der Waals surface area contributed by atoms with Crippen molar-refractivity contribution in [1.29, 1.82) is 0 Å². The molecule has 2 aromatic carbocycles. The van der Waals surface area contributed by atoms with E-state index in [9.17, 15) is 19.2 Å². The zero-order chi connectivity index (χ0) is 22.0. The molecule has 9 nitrogen and oxygen atoms in total. The van der Waals surface area contributed by atoms with E-state index in [1.165, 1.54) is 0 Å². The predicted octanol–water partition coefficient (Wildman–Crippen LogP) is 2.13. The summed E-state index contributed by atoms with van der Waals surface area (Å²) in [6.45, 7) is 1.95. The Bertz CT molecular complexity index is 1050. The SMILES string of the molecule is Cc1ccccc1NC(=O)CC1C(=O)Nc2ccccc2N1CC(=O)N1CCOC1=O. The molecule has 0 radical (unpaired) electrons. The van der Waals surface area contributed by atoms with Crippen LogP contribution in [0.4, 0.5) is 21.9 Å². The van der Waals surface area contributed by atoms with Crippen molar-refractivity contribution in [2.45, 2.75) is 19.4 Å². The highest BCUT2D eigenvalue weighted by Gasteiger charge is 2.38. The monoisotopic (exact) mass is 422 g/mol. The van der Waals surface area contributed by atoms with Crippen LogP contribution in [0.15, 0.2) is 48.5 Å². The maximum absolute atomic E-state index is 12.8. The van der Waals surface area contributed by atoms with Crippen LogP contribution in [-0.2, 0) is 19.1 Å². The molecular weight excluding hydrogens is 400 g/mol. The lowest BCUT2D eigenvalue weighted by Gasteiger charge is -2.37. The number of amides is 4. The molecule has 31 heavy (non-hydrogen) atoms. The van der Waals surface area contributed by atoms with Gasteiger partial charge in [0.1, 0.15) is 12.6 Å². The standard InChI is InChI=1S/C22H22N4O5/c1-14-6-2-3-7-15(14)23-19(27)12-18-21(29)24-16-8-4-5-9-17(16)26(18)13-20(28)25-10-11-31-22(25)30/h2-9,18H,10-13H2,1H3,(H,23,27)(H,24,29). The average molecular weight is 422 g/mol. The van der Waals surface area contributed by atoms with E-state index in [0.717, 1.165) is 10.5 Å². The number of ether oxygens (including phenoxy) is 1. The van der Waals surface area contributed by atoms with Crippen LogP contribution in [0.3, 0.4) is 0 Å². The van der Waals surface area contributed by atoms with Crippen LogP contribution in [-0.4, -0.2) is 54.5 Å². The molecule has 2 aliphatic heterocycles. The number of para-hydroxylation sites is 3. The van der Waals surface area contributed by atoms with E-state index in [4.69, 9.17) is 4.74 Å². The fourth-order valence-electron chi connectivity index (χ4n) is 3.69. The van der Waals surface area contributed by atoms with Crippen molar-refractivity contribution in [2.24, 2.45) is 0 Å². The topological polar surface area (TPSA) is 108 Å². The summed E-state index contributed by atoms with van der Waals surface area (Å²) in [4.78, 5) is 52.7. The van der Waals surface area contributed by atoms with Crippen LogP contribution >= 0.6 is 0 Å². The molecule has 160 valence electrons. The molecule has 2 heterocycles. The van der Waals surface area contributed by atoms with Gasteiger partial charge < -0.3 is 20.3 Å². The van der Waals surface area contributed by atoms with Gasteiger partial charge in [0.15, 0.2) is 0 Å². The Morgan fingerprint density at radius 3 is 2.61 bits per heavy atom. The van der Waals surface area contributed by atoms with Crippen LogP contribution in [0.25, 0.3) is 0 Å². The molecule has 1 atom stereocenters. The van der Waals surface area contributed by atoms with E-state index < -0.39 is 23.9 Å². The number of nitrogens with one attached hydrogen (secondary N) is 2. The lowest BCUT2D eigenvalue weighted by Crippen LogP contribution is -2.53. The van der Waals surface area contributed by atoms with Gasteiger partial charge in [-0.3, -0.25) is 14.4 Å². The van der Waals surface area contributed by atoms with Gasteiger partial charge in [0, 0.05) is 5.69 Å². The third-order valence-corrected chi connectivity index (χ3v) is 5.32. The average Bonchev–Trinajstić information content (AvgIpc) is 3.18. The number of cyclic esters (lactones) is 1. The van der Waals surface area contributed by atoms with Crippen molar-refractivity contribution in [3.05, 3.63) is 54.1 Å². The Labute approximate surface area is 179 Å². The zero-order valence-corrected chi connectivity index (χ0v) is 17.0. The van der Waals surface area contributed by atoms with Crippen LogP contribution in [0.5, 0.6) is 0 Å². The molecule has 0 saturated carbocycles. The number of aryl methyl sites for hydroxylation is 1. The second-order valence-electron chi connectivity index (χ2n) is 7.38. The summed E-state index contributed by atoms with van der Waals surface area (Å²) >= 11 is 0. The van der Waals surface area contributed by atoms with Crippen molar-refractivity contribution in [2.75, 3.05) is 35.2 Å². The molecule has 1 saturated heterocycles. The lowest BCUT2D eigenvalue weighted by atomic mass is 10.0. The Balaban J connectivity index is 1.57. The Morgan fingerprint density at radius 2 is 1.87 bits per heavy atom. The fourth-order valence-corrected chi connectivity index (χ4v) is 3.69. The summed E-state index contributed by atoms with van der Waals surface area (Å²) in [5.74, 6) is -1.24. The largest absolute Gasteiger partial charge is 0.447 e. The normalized spacial score (nSPS) is 17.6. The molecule has 9 heteroatoms. The number of nitrogens with zero attached hydrogens (tertiary/aromatic N) is 2. The molecule has 0 spiro atoms. The van der Waals surface area contributed by atoms with Crippen molar-refractivity contribution < 1.29 is 23.9 Å². The van der Waals surface area contributed by atoms with E-state index in [0.29, 0.717) is 17.1 Å². The van der Waals surface area contributed by atoms with Crippen molar-refractivity contribution >= 4 is 40.9 Å². The smallest absolute Gasteiger partial charge is 0.416 e. The second-order valence-corrected chi connectivity index (χ2v) is 7.38. The van der Waals surface area contributed by atoms with Gasteiger partial charge in [-0.1, -0.05) is 30.3 Å². The van der Waals surface area contributed by atoms with E-state index in [-0.39, 0.29) is 32.0 Å². The second kappa shape index (κ2) is 8.47. The molecule has 0 aromatic heterocycles. The Hall–Kier alpha value is -3.88. The molecule has 0 bridgehead atoms. The summed E-state index contributed by atoms with van der Waals surface area (Å²) in [7, 11) is 0. The number of rotatable bonds is 5. The number of carbonyl (C=O) groups is 4. The van der Waals surface area contributed by atoms with Gasteiger partial charge in [0.2, 0.25) is 11.8 Å². The van der Waals surface area contributed by atoms with Crippen molar-refractivity contribution in [3.63, 3.8) is 0 Å². The first kappa shape index (κ1) is 20.4. The van der Waals surface area contributed by atoms with Crippen LogP contribution in [0, 0.1) is 6.92 Å². The summed E-state index contributed by atoms with van der Waals surface area (Å²) in [5, 5.41) is 5.62. The molecule has 4 amide bonds. The lowest BCUT2D eigenvalue weighted by molar-refractivity contribution is -0.127. The maximum atomic E-state index is 12.8. The molecular formula is C22H22N4O5. The molecule has 1 fully saturated rings. The zero-order valence-electron chi connectivity index (χ0n) is 17.0. The number of fused-ring (bicyclic) bond motifs is 1.